The van der Waals surface area contributed by atoms with Crippen LogP contribution in [-0.4, -0.2) is 52.6 Å². The number of aromatic nitrogens is 3. The molecule has 0 radical (unpaired) electrons. The van der Waals surface area contributed by atoms with Crippen LogP contribution in [0, 0.1) is 6.92 Å². The fraction of sp³-hybridized carbons (Fsp3) is 0.238. The Bertz CT molecular complexity index is 1070. The summed E-state index contributed by atoms with van der Waals surface area (Å²) >= 11 is 5.98. The van der Waals surface area contributed by atoms with E-state index in [2.05, 4.69) is 30.8 Å². The molecule has 2 heterocycles. The molecule has 0 aliphatic carbocycles. The van der Waals surface area contributed by atoms with Crippen LogP contribution < -0.4 is 15.6 Å². The van der Waals surface area contributed by atoms with E-state index in [1.54, 1.807) is 12.1 Å². The van der Waals surface area contributed by atoms with Crippen molar-refractivity contribution in [1.29, 1.82) is 0 Å². The maximum absolute atomic E-state index is 9.93. The van der Waals surface area contributed by atoms with Crippen molar-refractivity contribution in [2.75, 3.05) is 41.9 Å². The van der Waals surface area contributed by atoms with Gasteiger partial charge in [0.25, 0.3) is 0 Å². The summed E-state index contributed by atoms with van der Waals surface area (Å²) in [6.07, 6.45) is 1.45. The van der Waals surface area contributed by atoms with Crippen LogP contribution in [0.1, 0.15) is 11.1 Å². The van der Waals surface area contributed by atoms with E-state index in [1.165, 1.54) is 12.3 Å². The number of ether oxygens (including phenoxy) is 1. The SMILES string of the molecule is Cc1ccc(Nc2nc(N/N=C\c3cc(Cl)ccc3O)nc(N3CCOCC3)n2)cc1. The van der Waals surface area contributed by atoms with Crippen LogP contribution in [0.4, 0.5) is 23.5 Å². The summed E-state index contributed by atoms with van der Waals surface area (Å²) < 4.78 is 5.42. The molecule has 9 nitrogen and oxygen atoms in total. The molecule has 1 fully saturated rings. The van der Waals surface area contributed by atoms with Gasteiger partial charge in [-0.05, 0) is 37.3 Å². The lowest BCUT2D eigenvalue weighted by Crippen LogP contribution is -2.37. The van der Waals surface area contributed by atoms with Gasteiger partial charge in [-0.25, -0.2) is 5.43 Å². The molecule has 2 aromatic carbocycles. The number of morpholine rings is 1. The highest BCUT2D eigenvalue weighted by atomic mass is 35.5. The largest absolute Gasteiger partial charge is 0.507 e. The maximum atomic E-state index is 9.93. The summed E-state index contributed by atoms with van der Waals surface area (Å²) in [5.74, 6) is 1.25. The van der Waals surface area contributed by atoms with Crippen LogP contribution in [0.3, 0.4) is 0 Å². The van der Waals surface area contributed by atoms with Gasteiger partial charge in [-0.15, -0.1) is 0 Å². The smallest absolute Gasteiger partial charge is 0.250 e. The monoisotopic (exact) mass is 439 g/mol. The molecule has 3 aromatic rings. The van der Waals surface area contributed by atoms with E-state index in [1.807, 2.05) is 36.1 Å². The van der Waals surface area contributed by atoms with Crippen LogP contribution in [0.25, 0.3) is 0 Å². The first-order valence-electron chi connectivity index (χ1n) is 9.77. The summed E-state index contributed by atoms with van der Waals surface area (Å²) in [6, 6.07) is 12.7. The van der Waals surface area contributed by atoms with Crippen LogP contribution >= 0.6 is 11.6 Å². The Labute approximate surface area is 184 Å². The van der Waals surface area contributed by atoms with Crippen molar-refractivity contribution in [3.05, 3.63) is 58.6 Å². The molecule has 1 saturated heterocycles. The van der Waals surface area contributed by atoms with E-state index < -0.39 is 0 Å². The highest BCUT2D eigenvalue weighted by molar-refractivity contribution is 6.30. The number of hydrogen-bond donors (Lipinski definition) is 3. The standard InChI is InChI=1S/C21H22ClN7O2/c1-14-2-5-17(6-3-14)24-19-25-20(27-21(26-19)29-8-10-31-11-9-29)28-23-13-15-12-16(22)4-7-18(15)30/h2-7,12-13,30H,8-11H2,1H3,(H2,24,25,26,27,28)/b23-13-. The van der Waals surface area contributed by atoms with Crippen molar-refractivity contribution >= 4 is 41.3 Å². The second kappa shape index (κ2) is 9.59. The maximum Gasteiger partial charge on any atom is 0.250 e. The summed E-state index contributed by atoms with van der Waals surface area (Å²) in [7, 11) is 0. The highest BCUT2D eigenvalue weighted by Gasteiger charge is 2.16. The Morgan fingerprint density at radius 2 is 1.81 bits per heavy atom. The van der Waals surface area contributed by atoms with Crippen molar-refractivity contribution < 1.29 is 9.84 Å². The second-order valence-corrected chi connectivity index (χ2v) is 7.38. The Hall–Kier alpha value is -3.43. The first-order valence-corrected chi connectivity index (χ1v) is 10.1. The predicted octanol–water partition coefficient (Wildman–Crippen LogP) is 3.57. The van der Waals surface area contributed by atoms with E-state index >= 15 is 0 Å². The number of nitrogens with one attached hydrogen (secondary N) is 2. The van der Waals surface area contributed by atoms with Crippen molar-refractivity contribution in [2.45, 2.75) is 6.92 Å². The Morgan fingerprint density at radius 1 is 1.06 bits per heavy atom. The normalized spacial score (nSPS) is 14.1. The van der Waals surface area contributed by atoms with E-state index in [9.17, 15) is 5.11 Å². The molecule has 160 valence electrons. The average Bonchev–Trinajstić information content (AvgIpc) is 2.78. The lowest BCUT2D eigenvalue weighted by Gasteiger charge is -2.27. The molecular formula is C21H22ClN7O2. The Morgan fingerprint density at radius 3 is 2.58 bits per heavy atom. The van der Waals surface area contributed by atoms with Crippen molar-refractivity contribution in [3.8, 4) is 5.75 Å². The molecule has 1 aromatic heterocycles. The van der Waals surface area contributed by atoms with Crippen molar-refractivity contribution in [1.82, 2.24) is 15.0 Å². The molecule has 0 spiro atoms. The van der Waals surface area contributed by atoms with Gasteiger partial charge >= 0.3 is 0 Å². The molecule has 0 saturated carbocycles. The van der Waals surface area contributed by atoms with Gasteiger partial charge in [-0.2, -0.15) is 20.1 Å². The predicted molar refractivity (Wildman–Crippen MR) is 122 cm³/mol. The average molecular weight is 440 g/mol. The minimum absolute atomic E-state index is 0.0707. The van der Waals surface area contributed by atoms with Gasteiger partial charge in [0.15, 0.2) is 0 Å². The van der Waals surface area contributed by atoms with Gasteiger partial charge in [-0.1, -0.05) is 29.3 Å². The third-order valence-electron chi connectivity index (χ3n) is 4.58. The van der Waals surface area contributed by atoms with Gasteiger partial charge < -0.3 is 20.1 Å². The molecule has 31 heavy (non-hydrogen) atoms. The molecule has 1 aliphatic rings. The first kappa shape index (κ1) is 20.8. The van der Waals surface area contributed by atoms with Crippen LogP contribution in [0.5, 0.6) is 5.75 Å². The van der Waals surface area contributed by atoms with Gasteiger partial charge in [-0.3, -0.25) is 0 Å². The number of phenols is 1. The summed E-state index contributed by atoms with van der Waals surface area (Å²) in [4.78, 5) is 15.5. The quantitative estimate of drug-likeness (QED) is 0.395. The number of hydrazone groups is 1. The van der Waals surface area contributed by atoms with E-state index in [0.717, 1.165) is 11.3 Å². The number of aryl methyl sites for hydroxylation is 1. The third kappa shape index (κ3) is 5.59. The van der Waals surface area contributed by atoms with E-state index in [-0.39, 0.29) is 11.7 Å². The molecule has 0 amide bonds. The van der Waals surface area contributed by atoms with E-state index in [0.29, 0.717) is 48.8 Å². The lowest BCUT2D eigenvalue weighted by atomic mass is 10.2. The second-order valence-electron chi connectivity index (χ2n) is 6.95. The van der Waals surface area contributed by atoms with Gasteiger partial charge in [0.1, 0.15) is 5.75 Å². The number of hydrogen-bond acceptors (Lipinski definition) is 9. The molecule has 10 heteroatoms. The number of rotatable bonds is 6. The number of anilines is 4. The minimum Gasteiger partial charge on any atom is -0.507 e. The van der Waals surface area contributed by atoms with Gasteiger partial charge in [0.2, 0.25) is 17.8 Å². The number of phenolic OH excluding ortho intramolecular Hbond substituents is 1. The topological polar surface area (TPSA) is 108 Å². The Balaban J connectivity index is 1.58. The van der Waals surface area contributed by atoms with E-state index in [4.69, 9.17) is 16.3 Å². The molecule has 0 atom stereocenters. The highest BCUT2D eigenvalue weighted by Crippen LogP contribution is 2.21. The van der Waals surface area contributed by atoms with Crippen molar-refractivity contribution in [2.24, 2.45) is 5.10 Å². The zero-order chi connectivity index (χ0) is 21.6. The molecule has 0 bridgehead atoms. The zero-order valence-electron chi connectivity index (χ0n) is 16.9. The van der Waals surface area contributed by atoms with Crippen LogP contribution in [0.2, 0.25) is 5.02 Å². The van der Waals surface area contributed by atoms with Gasteiger partial charge in [0.05, 0.1) is 19.4 Å². The van der Waals surface area contributed by atoms with Gasteiger partial charge in [0, 0.05) is 29.4 Å². The van der Waals surface area contributed by atoms with Crippen LogP contribution in [-0.2, 0) is 4.74 Å². The Kier molecular flexibility index (Phi) is 6.44. The lowest BCUT2D eigenvalue weighted by molar-refractivity contribution is 0.122. The number of nitrogens with zero attached hydrogens (tertiary/aromatic N) is 5. The fourth-order valence-corrected chi connectivity index (χ4v) is 3.11. The minimum atomic E-state index is 0.0707. The third-order valence-corrected chi connectivity index (χ3v) is 4.82. The number of halogens is 1. The van der Waals surface area contributed by atoms with Crippen LogP contribution in [0.15, 0.2) is 47.6 Å². The fourth-order valence-electron chi connectivity index (χ4n) is 2.93. The molecule has 0 unspecified atom stereocenters. The number of aromatic hydroxyl groups is 1. The zero-order valence-corrected chi connectivity index (χ0v) is 17.7. The molecule has 1 aliphatic heterocycles. The molecule has 3 N–H and O–H groups in total. The summed E-state index contributed by atoms with van der Waals surface area (Å²) in [5, 5.41) is 17.8. The van der Waals surface area contributed by atoms with Crippen molar-refractivity contribution in [3.63, 3.8) is 0 Å². The number of benzene rings is 2. The summed E-state index contributed by atoms with van der Waals surface area (Å²) in [6.45, 7) is 4.63. The first-order chi connectivity index (χ1) is 15.1. The summed E-state index contributed by atoms with van der Waals surface area (Å²) in [5.41, 5.74) is 5.31. The molecular weight excluding hydrogens is 418 g/mol. The molecule has 4 rings (SSSR count).